The van der Waals surface area contributed by atoms with Crippen LogP contribution in [-0.4, -0.2) is 141 Å². The summed E-state index contributed by atoms with van der Waals surface area (Å²) in [6, 6.07) is 14.8. The SMILES string of the molecule is C.C[C@@H]1CN(C(=O)[C@@](C)(O)C(F)(F)F)CC[C@@H]1c1ccnn1-c1ccc(F)cc1F.C[C@H]1CN(C(=O)OC(C)(C)C)CC[C@H]1c1ccnn1-c1ccc(F)cc1F.C[C@H]1CN(C(=O)[C@@](C)(O)C(F)(F)F)CC[C@H]1c1ccnn1-c1ccc(F)cc1F. The molecule has 3 aromatic heterocycles. The standard InChI is InChI=1S/C20H25F2N3O2.2C19H20F5N3O2.CH4/c1-13-12-24(19(26)27-20(2,3)4)10-8-15(13)17-7-9-23-25(17)18-6-5-14(21)11-16(18)22;2*1-11-10-26(17(28)18(2,29)19(22,23)24)8-6-13(11)15-5-7-25-27(15)16-4-3-12(20)9-14(16)21;/h5-7,9,11,13,15H,8,10,12H2,1-4H3;2*3-5,7,9,11,13,29H,6,8,10H2,1-2H3;1H4/t13-,15+;11-,13+,18+;11-,13+,18-;/m001./s1. The molecule has 3 saturated heterocycles. The summed E-state index contributed by atoms with van der Waals surface area (Å²) in [6.07, 6.45) is -4.63. The predicted molar refractivity (Wildman–Crippen MR) is 291 cm³/mol. The molecule has 86 heavy (non-hydrogen) atoms. The average Bonchev–Trinajstić information content (AvgIpc) is 3.62. The summed E-state index contributed by atoms with van der Waals surface area (Å²) in [5, 5.41) is 31.7. The van der Waals surface area contributed by atoms with Crippen LogP contribution < -0.4 is 0 Å². The smallest absolute Gasteiger partial charge is 0.426 e. The minimum atomic E-state index is -5.08. The zero-order valence-corrected chi connectivity index (χ0v) is 47.6. The van der Waals surface area contributed by atoms with Crippen molar-refractivity contribution in [3.63, 3.8) is 0 Å². The molecular weight excluding hydrogens is 1160 g/mol. The third kappa shape index (κ3) is 14.9. The van der Waals surface area contributed by atoms with E-state index in [9.17, 15) is 77.3 Å². The number of piperidine rings is 3. The van der Waals surface area contributed by atoms with E-state index in [0.717, 1.165) is 52.2 Å². The Morgan fingerprint density at radius 1 is 0.477 bits per heavy atom. The largest absolute Gasteiger partial charge is 0.444 e. The third-order valence-corrected chi connectivity index (χ3v) is 15.4. The van der Waals surface area contributed by atoms with Gasteiger partial charge in [-0.25, -0.2) is 45.2 Å². The molecule has 470 valence electrons. The predicted octanol–water partition coefficient (Wildman–Crippen LogP) is 12.0. The number of aliphatic hydroxyl groups is 2. The van der Waals surface area contributed by atoms with Crippen molar-refractivity contribution in [3.8, 4) is 17.1 Å². The molecule has 3 fully saturated rings. The van der Waals surface area contributed by atoms with Crippen molar-refractivity contribution < 1.29 is 82.0 Å². The fourth-order valence-corrected chi connectivity index (χ4v) is 10.8. The third-order valence-electron chi connectivity index (χ3n) is 15.4. The number of ether oxygens (including phenoxy) is 1. The Hall–Kier alpha value is -7.42. The van der Waals surface area contributed by atoms with Gasteiger partial charge in [0, 0.05) is 111 Å². The lowest BCUT2D eigenvalue weighted by atomic mass is 9.83. The number of nitrogens with zero attached hydrogens (tertiary/aromatic N) is 9. The molecule has 9 rings (SSSR count). The monoisotopic (exact) mass is 1230 g/mol. The van der Waals surface area contributed by atoms with Gasteiger partial charge < -0.3 is 29.6 Å². The molecule has 0 aliphatic carbocycles. The number of benzene rings is 3. The highest BCUT2D eigenvalue weighted by Crippen LogP contribution is 2.40. The molecule has 0 unspecified atom stereocenters. The van der Waals surface area contributed by atoms with Crippen LogP contribution in [-0.2, 0) is 14.3 Å². The highest BCUT2D eigenvalue weighted by molar-refractivity contribution is 5.86. The van der Waals surface area contributed by atoms with Crippen molar-refractivity contribution in [3.05, 3.63) is 143 Å². The minimum absolute atomic E-state index is 0. The van der Waals surface area contributed by atoms with Crippen LogP contribution in [0.1, 0.15) is 117 Å². The molecule has 15 nitrogen and oxygen atoms in total. The normalized spacial score (nSPS) is 21.6. The van der Waals surface area contributed by atoms with Crippen molar-refractivity contribution in [2.75, 3.05) is 39.3 Å². The lowest BCUT2D eigenvalue weighted by Crippen LogP contribution is -2.58. The van der Waals surface area contributed by atoms with Gasteiger partial charge >= 0.3 is 18.4 Å². The summed E-state index contributed by atoms with van der Waals surface area (Å²) in [4.78, 5) is 40.5. The Bertz CT molecular complexity index is 3190. The van der Waals surface area contributed by atoms with Crippen molar-refractivity contribution in [2.24, 2.45) is 17.8 Å². The van der Waals surface area contributed by atoms with Gasteiger partial charge in [0.05, 0.1) is 0 Å². The van der Waals surface area contributed by atoms with E-state index in [0.29, 0.717) is 51.2 Å². The number of hydrogen-bond donors (Lipinski definition) is 2. The topological polar surface area (TPSA) is 164 Å². The highest BCUT2D eigenvalue weighted by Gasteiger charge is 2.59. The number of halogens is 12. The number of likely N-dealkylation sites (tertiary alicyclic amines) is 3. The zero-order valence-electron chi connectivity index (χ0n) is 47.6. The Labute approximate surface area is 489 Å². The molecule has 0 radical (unpaired) electrons. The van der Waals surface area contributed by atoms with E-state index in [1.165, 1.54) is 50.7 Å². The fraction of sp³-hybridized carbons (Fsp3) is 0.492. The van der Waals surface area contributed by atoms with E-state index in [4.69, 9.17) is 4.74 Å². The quantitative estimate of drug-likeness (QED) is 0.141. The number of carbonyl (C=O) groups is 3. The summed E-state index contributed by atoms with van der Waals surface area (Å²) < 4.78 is 170. The van der Waals surface area contributed by atoms with Crippen LogP contribution in [0.5, 0.6) is 0 Å². The van der Waals surface area contributed by atoms with E-state index < -0.39 is 75.9 Å². The van der Waals surface area contributed by atoms with Crippen molar-refractivity contribution in [1.82, 2.24) is 44.0 Å². The molecule has 6 aromatic rings. The van der Waals surface area contributed by atoms with Crippen molar-refractivity contribution in [1.29, 1.82) is 0 Å². The maximum Gasteiger partial charge on any atom is 0.426 e. The van der Waals surface area contributed by atoms with E-state index in [1.54, 1.807) is 37.1 Å². The van der Waals surface area contributed by atoms with Crippen molar-refractivity contribution in [2.45, 2.75) is 129 Å². The van der Waals surface area contributed by atoms with Gasteiger partial charge in [-0.1, -0.05) is 28.2 Å². The second-order valence-electron chi connectivity index (χ2n) is 23.0. The van der Waals surface area contributed by atoms with Gasteiger partial charge in [0.25, 0.3) is 11.8 Å². The molecule has 0 saturated carbocycles. The molecule has 8 atom stereocenters. The summed E-state index contributed by atoms with van der Waals surface area (Å²) in [5.41, 5.74) is -5.05. The molecule has 3 aliphatic rings. The van der Waals surface area contributed by atoms with Crippen LogP contribution in [0.15, 0.2) is 91.4 Å². The summed E-state index contributed by atoms with van der Waals surface area (Å²) in [6.45, 7) is 13.1. The fourth-order valence-electron chi connectivity index (χ4n) is 10.8. The van der Waals surface area contributed by atoms with E-state index >= 15 is 0 Å². The second-order valence-corrected chi connectivity index (χ2v) is 23.0. The molecule has 0 spiro atoms. The van der Waals surface area contributed by atoms with Gasteiger partial charge in [0.15, 0.2) is 17.5 Å². The maximum atomic E-state index is 14.2. The highest BCUT2D eigenvalue weighted by atomic mass is 19.4. The number of rotatable bonds is 8. The number of alkyl halides is 6. The first-order chi connectivity index (χ1) is 39.5. The van der Waals surface area contributed by atoms with Crippen LogP contribution in [0.2, 0.25) is 0 Å². The van der Waals surface area contributed by atoms with E-state index in [2.05, 4.69) is 22.2 Å². The first-order valence-corrected chi connectivity index (χ1v) is 27.1. The molecular formula is C59H69F12N9O6. The van der Waals surface area contributed by atoms with Crippen LogP contribution in [0.25, 0.3) is 17.1 Å². The number of aromatic nitrogens is 6. The van der Waals surface area contributed by atoms with E-state index in [-0.39, 0.29) is 92.3 Å². The zero-order chi connectivity index (χ0) is 62.9. The Balaban J connectivity index is 0.000000205. The number of hydrogen-bond acceptors (Lipinski definition) is 9. The summed E-state index contributed by atoms with van der Waals surface area (Å²) in [5.74, 6) is -7.86. The minimum Gasteiger partial charge on any atom is -0.444 e. The average molecular weight is 1230 g/mol. The molecule has 3 aromatic carbocycles. The molecule has 6 heterocycles. The van der Waals surface area contributed by atoms with Gasteiger partial charge in [-0.05, 0) is 126 Å². The van der Waals surface area contributed by atoms with Gasteiger partial charge in [0.2, 0.25) is 11.2 Å². The van der Waals surface area contributed by atoms with Crippen LogP contribution in [0, 0.1) is 52.7 Å². The molecule has 27 heteroatoms. The summed E-state index contributed by atoms with van der Waals surface area (Å²) in [7, 11) is 0. The van der Waals surface area contributed by atoms with Crippen LogP contribution in [0.4, 0.5) is 57.5 Å². The molecule has 2 N–H and O–H groups in total. The number of carbonyl (C=O) groups excluding carboxylic acids is 3. The first-order valence-electron chi connectivity index (χ1n) is 27.1. The van der Waals surface area contributed by atoms with Crippen LogP contribution >= 0.6 is 0 Å². The Kier molecular flexibility index (Phi) is 20.7. The van der Waals surface area contributed by atoms with Gasteiger partial charge in [-0.2, -0.15) is 41.6 Å². The van der Waals surface area contributed by atoms with Gasteiger partial charge in [0.1, 0.15) is 40.1 Å². The second kappa shape index (κ2) is 26.3. The van der Waals surface area contributed by atoms with Crippen LogP contribution in [0.3, 0.4) is 0 Å². The molecule has 0 bridgehead atoms. The van der Waals surface area contributed by atoms with Crippen molar-refractivity contribution >= 4 is 17.9 Å². The Morgan fingerprint density at radius 3 is 1.01 bits per heavy atom. The molecule has 3 amide bonds. The number of amides is 3. The maximum absolute atomic E-state index is 14.2. The lowest BCUT2D eigenvalue weighted by Gasteiger charge is -2.40. The first kappa shape index (κ1) is 67.7. The van der Waals surface area contributed by atoms with Gasteiger partial charge in [-0.3, -0.25) is 9.59 Å². The van der Waals surface area contributed by atoms with E-state index in [1.807, 2.05) is 26.8 Å². The molecule has 3 aliphatic heterocycles. The lowest BCUT2D eigenvalue weighted by molar-refractivity contribution is -0.251. The van der Waals surface area contributed by atoms with Gasteiger partial charge in [-0.15, -0.1) is 0 Å². The summed E-state index contributed by atoms with van der Waals surface area (Å²) >= 11 is 0. The Morgan fingerprint density at radius 2 is 0.756 bits per heavy atom.